The predicted octanol–water partition coefficient (Wildman–Crippen LogP) is 3.32. The van der Waals surface area contributed by atoms with Gasteiger partial charge in [-0.05, 0) is 24.6 Å². The van der Waals surface area contributed by atoms with Crippen molar-refractivity contribution in [2.24, 2.45) is 0 Å². The number of halogens is 2. The Morgan fingerprint density at radius 1 is 1.38 bits per heavy atom. The zero-order chi connectivity index (χ0) is 9.84. The molecule has 3 heteroatoms. The smallest absolute Gasteiger partial charge is 0.123 e. The van der Waals surface area contributed by atoms with Crippen LogP contribution in [0.3, 0.4) is 0 Å². The number of benzene rings is 1. The van der Waals surface area contributed by atoms with E-state index in [-0.39, 0.29) is 5.82 Å². The maximum Gasteiger partial charge on any atom is 0.123 e. The molecule has 0 aliphatic rings. The van der Waals surface area contributed by atoms with Gasteiger partial charge in [0.1, 0.15) is 5.82 Å². The van der Waals surface area contributed by atoms with Crippen molar-refractivity contribution < 1.29 is 4.39 Å². The van der Waals surface area contributed by atoms with Crippen molar-refractivity contribution in [2.45, 2.75) is 6.92 Å². The van der Waals surface area contributed by atoms with Crippen LogP contribution in [-0.2, 0) is 0 Å². The van der Waals surface area contributed by atoms with Gasteiger partial charge in [0.05, 0.1) is 11.1 Å². The fourth-order valence-electron chi connectivity index (χ4n) is 0.862. The van der Waals surface area contributed by atoms with Crippen LogP contribution in [0.4, 0.5) is 4.39 Å². The first-order chi connectivity index (χ1) is 6.15. The summed E-state index contributed by atoms with van der Waals surface area (Å²) in [6, 6.07) is 7.63. The Labute approximate surface area is 81.1 Å². The summed E-state index contributed by atoms with van der Waals surface area (Å²) in [6.45, 7) is 1.62. The van der Waals surface area contributed by atoms with Gasteiger partial charge in [-0.25, -0.2) is 4.39 Å². The van der Waals surface area contributed by atoms with E-state index in [0.717, 1.165) is 0 Å². The average Bonchev–Trinajstić information content (AvgIpc) is 2.17. The SMILES string of the molecule is CC(C#N)=C(Cl)c1ccc(F)cc1. The Morgan fingerprint density at radius 2 is 1.92 bits per heavy atom. The first kappa shape index (κ1) is 9.76. The van der Waals surface area contributed by atoms with E-state index in [4.69, 9.17) is 16.9 Å². The van der Waals surface area contributed by atoms with Crippen molar-refractivity contribution in [3.8, 4) is 6.07 Å². The van der Waals surface area contributed by atoms with E-state index in [1.54, 1.807) is 19.1 Å². The van der Waals surface area contributed by atoms with Gasteiger partial charge in [-0.3, -0.25) is 0 Å². The van der Waals surface area contributed by atoms with Crippen LogP contribution in [0.1, 0.15) is 12.5 Å². The van der Waals surface area contributed by atoms with Crippen LogP contribution < -0.4 is 0 Å². The molecule has 0 saturated heterocycles. The van der Waals surface area contributed by atoms with E-state index in [2.05, 4.69) is 0 Å². The largest absolute Gasteiger partial charge is 0.207 e. The molecule has 66 valence electrons. The van der Waals surface area contributed by atoms with Crippen LogP contribution in [0.25, 0.3) is 5.03 Å². The molecule has 0 N–H and O–H groups in total. The summed E-state index contributed by atoms with van der Waals surface area (Å²) in [5.41, 5.74) is 1.08. The molecule has 0 saturated carbocycles. The Hall–Kier alpha value is -1.33. The van der Waals surface area contributed by atoms with Crippen LogP contribution in [0.2, 0.25) is 0 Å². The lowest BCUT2D eigenvalue weighted by Crippen LogP contribution is -1.81. The van der Waals surface area contributed by atoms with Crippen molar-refractivity contribution in [3.05, 3.63) is 41.2 Å². The molecule has 0 atom stereocenters. The van der Waals surface area contributed by atoms with Crippen LogP contribution in [-0.4, -0.2) is 0 Å². The third-order valence-corrected chi connectivity index (χ3v) is 2.10. The van der Waals surface area contributed by atoms with E-state index in [1.807, 2.05) is 6.07 Å². The number of hydrogen-bond acceptors (Lipinski definition) is 1. The van der Waals surface area contributed by atoms with Gasteiger partial charge in [0, 0.05) is 5.57 Å². The van der Waals surface area contributed by atoms with Gasteiger partial charge in [0.2, 0.25) is 0 Å². The van der Waals surface area contributed by atoms with Crippen LogP contribution in [0.5, 0.6) is 0 Å². The fraction of sp³-hybridized carbons (Fsp3) is 0.100. The molecule has 1 aromatic carbocycles. The second kappa shape index (κ2) is 4.06. The highest BCUT2D eigenvalue weighted by molar-refractivity contribution is 6.49. The van der Waals surface area contributed by atoms with Crippen molar-refractivity contribution >= 4 is 16.6 Å². The molecule has 0 fully saturated rings. The van der Waals surface area contributed by atoms with E-state index in [1.165, 1.54) is 12.1 Å². The lowest BCUT2D eigenvalue weighted by atomic mass is 10.1. The minimum absolute atomic E-state index is 0.317. The third kappa shape index (κ3) is 2.30. The maximum atomic E-state index is 12.5. The summed E-state index contributed by atoms with van der Waals surface area (Å²) in [6.07, 6.45) is 0. The molecule has 0 unspecified atom stereocenters. The first-order valence-electron chi connectivity index (χ1n) is 3.67. The Morgan fingerprint density at radius 3 is 2.38 bits per heavy atom. The minimum atomic E-state index is -0.317. The summed E-state index contributed by atoms with van der Waals surface area (Å²) in [5.74, 6) is -0.317. The number of nitriles is 1. The zero-order valence-electron chi connectivity index (χ0n) is 7.01. The standard InChI is InChI=1S/C10H7ClFN/c1-7(6-13)10(11)8-2-4-9(12)5-3-8/h2-5H,1H3. The fourth-order valence-corrected chi connectivity index (χ4v) is 1.03. The molecular formula is C10H7ClFN. The highest BCUT2D eigenvalue weighted by atomic mass is 35.5. The molecule has 0 heterocycles. The number of nitrogens with zero attached hydrogens (tertiary/aromatic N) is 1. The molecule has 0 aromatic heterocycles. The topological polar surface area (TPSA) is 23.8 Å². The number of allylic oxidation sites excluding steroid dienone is 1. The van der Waals surface area contributed by atoms with Crippen molar-refractivity contribution in [3.63, 3.8) is 0 Å². The number of hydrogen-bond donors (Lipinski definition) is 0. The summed E-state index contributed by atoms with van der Waals surface area (Å²) in [4.78, 5) is 0. The molecule has 1 nitrogen and oxygen atoms in total. The molecule has 0 bridgehead atoms. The monoisotopic (exact) mass is 195 g/mol. The second-order valence-electron chi connectivity index (χ2n) is 2.56. The number of rotatable bonds is 1. The summed E-state index contributed by atoms with van der Waals surface area (Å²) in [5, 5.41) is 8.92. The van der Waals surface area contributed by atoms with Crippen molar-refractivity contribution in [1.82, 2.24) is 0 Å². The highest BCUT2D eigenvalue weighted by Crippen LogP contribution is 2.22. The van der Waals surface area contributed by atoms with Gasteiger partial charge in [0.15, 0.2) is 0 Å². The van der Waals surface area contributed by atoms with Gasteiger partial charge in [-0.1, -0.05) is 23.7 Å². The quantitative estimate of drug-likeness (QED) is 0.631. The molecule has 0 amide bonds. The molecule has 1 rings (SSSR count). The van der Waals surface area contributed by atoms with Gasteiger partial charge < -0.3 is 0 Å². The normalized spacial score (nSPS) is 11.8. The van der Waals surface area contributed by atoms with Gasteiger partial charge >= 0.3 is 0 Å². The van der Waals surface area contributed by atoms with Gasteiger partial charge in [0.25, 0.3) is 0 Å². The van der Waals surface area contributed by atoms with Gasteiger partial charge in [-0.15, -0.1) is 0 Å². The van der Waals surface area contributed by atoms with Crippen LogP contribution >= 0.6 is 11.6 Å². The first-order valence-corrected chi connectivity index (χ1v) is 4.05. The molecule has 0 aliphatic carbocycles. The Kier molecular flexibility index (Phi) is 3.05. The average molecular weight is 196 g/mol. The second-order valence-corrected chi connectivity index (χ2v) is 2.94. The van der Waals surface area contributed by atoms with E-state index in [9.17, 15) is 4.39 Å². The molecule has 1 aromatic rings. The molecule has 13 heavy (non-hydrogen) atoms. The van der Waals surface area contributed by atoms with E-state index >= 15 is 0 Å². The summed E-state index contributed by atoms with van der Waals surface area (Å²) >= 11 is 5.84. The van der Waals surface area contributed by atoms with Crippen molar-refractivity contribution in [1.29, 1.82) is 5.26 Å². The molecular weight excluding hydrogens is 189 g/mol. The lowest BCUT2D eigenvalue weighted by Gasteiger charge is -1.99. The molecule has 0 aliphatic heterocycles. The lowest BCUT2D eigenvalue weighted by molar-refractivity contribution is 0.627. The zero-order valence-corrected chi connectivity index (χ0v) is 7.77. The molecule has 0 radical (unpaired) electrons. The van der Waals surface area contributed by atoms with Crippen LogP contribution in [0.15, 0.2) is 29.8 Å². The Bertz CT molecular complexity index is 373. The summed E-state index contributed by atoms with van der Waals surface area (Å²) in [7, 11) is 0. The predicted molar refractivity (Wildman–Crippen MR) is 50.5 cm³/mol. The maximum absolute atomic E-state index is 12.5. The minimum Gasteiger partial charge on any atom is -0.207 e. The van der Waals surface area contributed by atoms with Crippen LogP contribution in [0, 0.1) is 17.1 Å². The van der Waals surface area contributed by atoms with E-state index in [0.29, 0.717) is 16.2 Å². The third-order valence-electron chi connectivity index (χ3n) is 1.59. The Balaban J connectivity index is 3.12. The van der Waals surface area contributed by atoms with Crippen molar-refractivity contribution in [2.75, 3.05) is 0 Å². The van der Waals surface area contributed by atoms with E-state index < -0.39 is 0 Å². The van der Waals surface area contributed by atoms with Gasteiger partial charge in [-0.2, -0.15) is 5.26 Å². The summed E-state index contributed by atoms with van der Waals surface area (Å²) < 4.78 is 12.5. The molecule has 0 spiro atoms. The highest BCUT2D eigenvalue weighted by Gasteiger charge is 2.01.